The van der Waals surface area contributed by atoms with E-state index in [0.29, 0.717) is 27.5 Å². The van der Waals surface area contributed by atoms with Gasteiger partial charge in [-0.15, -0.1) is 11.3 Å². The SMILES string of the molecule is CCNc1cc(C(=O)Nc2nc(C(C)C)cs2)c(Cl)cn1. The van der Waals surface area contributed by atoms with E-state index in [1.807, 2.05) is 12.3 Å². The lowest BCUT2D eigenvalue weighted by Crippen LogP contribution is -2.13. The number of halogens is 1. The van der Waals surface area contributed by atoms with Gasteiger partial charge in [0.2, 0.25) is 0 Å². The van der Waals surface area contributed by atoms with Crippen molar-refractivity contribution in [2.45, 2.75) is 26.7 Å². The summed E-state index contributed by atoms with van der Waals surface area (Å²) in [5, 5.41) is 8.65. The fraction of sp³-hybridized carbons (Fsp3) is 0.357. The molecule has 2 rings (SSSR count). The molecule has 0 saturated carbocycles. The van der Waals surface area contributed by atoms with Crippen molar-refractivity contribution in [3.63, 3.8) is 0 Å². The van der Waals surface area contributed by atoms with Crippen molar-refractivity contribution in [3.8, 4) is 0 Å². The minimum atomic E-state index is -0.286. The highest BCUT2D eigenvalue weighted by Gasteiger charge is 2.14. The number of hydrogen-bond acceptors (Lipinski definition) is 5. The van der Waals surface area contributed by atoms with E-state index in [1.165, 1.54) is 17.5 Å². The molecule has 5 nitrogen and oxygen atoms in total. The molecule has 21 heavy (non-hydrogen) atoms. The van der Waals surface area contributed by atoms with Gasteiger partial charge >= 0.3 is 0 Å². The number of thiazole rings is 1. The van der Waals surface area contributed by atoms with Gasteiger partial charge in [0.1, 0.15) is 5.82 Å². The van der Waals surface area contributed by atoms with Crippen molar-refractivity contribution >= 4 is 39.8 Å². The summed E-state index contributed by atoms with van der Waals surface area (Å²) in [5.41, 5.74) is 1.34. The predicted octanol–water partition coefficient (Wildman–Crippen LogP) is 4.00. The van der Waals surface area contributed by atoms with Crippen LogP contribution in [-0.4, -0.2) is 22.4 Å². The number of nitrogens with zero attached hydrogens (tertiary/aromatic N) is 2. The Kier molecular flexibility index (Phi) is 5.14. The molecule has 7 heteroatoms. The molecule has 0 fully saturated rings. The van der Waals surface area contributed by atoms with Crippen molar-refractivity contribution < 1.29 is 4.79 Å². The molecule has 0 spiro atoms. The summed E-state index contributed by atoms with van der Waals surface area (Å²) in [6.07, 6.45) is 1.47. The Morgan fingerprint density at radius 3 is 2.86 bits per heavy atom. The molecule has 0 radical (unpaired) electrons. The first kappa shape index (κ1) is 15.7. The van der Waals surface area contributed by atoms with Crippen molar-refractivity contribution in [2.75, 3.05) is 17.2 Å². The lowest BCUT2D eigenvalue weighted by Gasteiger charge is -2.07. The molecule has 0 bridgehead atoms. The first-order valence-corrected chi connectivity index (χ1v) is 7.93. The van der Waals surface area contributed by atoms with Crippen LogP contribution in [0.4, 0.5) is 10.9 Å². The van der Waals surface area contributed by atoms with Gasteiger partial charge in [0.25, 0.3) is 5.91 Å². The van der Waals surface area contributed by atoms with Gasteiger partial charge in [-0.3, -0.25) is 10.1 Å². The highest BCUT2D eigenvalue weighted by Crippen LogP contribution is 2.24. The zero-order chi connectivity index (χ0) is 15.4. The Hall–Kier alpha value is -1.66. The van der Waals surface area contributed by atoms with Gasteiger partial charge in [-0.25, -0.2) is 9.97 Å². The standard InChI is InChI=1S/C14H17ClN4OS/c1-4-16-12-5-9(10(15)6-17-12)13(20)19-14-18-11(7-21-14)8(2)3/h5-8H,4H2,1-3H3,(H,16,17)(H,18,19,20). The van der Waals surface area contributed by atoms with Gasteiger partial charge in [0.15, 0.2) is 5.13 Å². The van der Waals surface area contributed by atoms with Crippen molar-refractivity contribution in [1.29, 1.82) is 0 Å². The van der Waals surface area contributed by atoms with Crippen LogP contribution in [0, 0.1) is 0 Å². The molecule has 0 saturated heterocycles. The molecule has 1 amide bonds. The summed E-state index contributed by atoms with van der Waals surface area (Å²) < 4.78 is 0. The summed E-state index contributed by atoms with van der Waals surface area (Å²) in [7, 11) is 0. The molecule has 0 aliphatic carbocycles. The number of hydrogen-bond donors (Lipinski definition) is 2. The molecule has 112 valence electrons. The normalized spacial score (nSPS) is 10.7. The minimum absolute atomic E-state index is 0.286. The van der Waals surface area contributed by atoms with E-state index < -0.39 is 0 Å². The Balaban J connectivity index is 2.17. The summed E-state index contributed by atoms with van der Waals surface area (Å²) in [6.45, 7) is 6.80. The highest BCUT2D eigenvalue weighted by molar-refractivity contribution is 7.14. The number of carbonyl (C=O) groups excluding carboxylic acids is 1. The number of nitrogens with one attached hydrogen (secondary N) is 2. The fourth-order valence-electron chi connectivity index (χ4n) is 1.66. The second kappa shape index (κ2) is 6.87. The Morgan fingerprint density at radius 1 is 1.48 bits per heavy atom. The van der Waals surface area contributed by atoms with Crippen molar-refractivity contribution in [1.82, 2.24) is 9.97 Å². The number of pyridine rings is 1. The van der Waals surface area contributed by atoms with E-state index in [1.54, 1.807) is 6.07 Å². The quantitative estimate of drug-likeness (QED) is 0.872. The molecule has 2 N–H and O–H groups in total. The molecule has 0 aliphatic rings. The van der Waals surface area contributed by atoms with E-state index in [0.717, 1.165) is 12.2 Å². The van der Waals surface area contributed by atoms with Crippen LogP contribution < -0.4 is 10.6 Å². The third-order valence-electron chi connectivity index (χ3n) is 2.79. The average molecular weight is 325 g/mol. The number of amides is 1. The second-order valence-corrected chi connectivity index (χ2v) is 6.03. The lowest BCUT2D eigenvalue weighted by atomic mass is 10.2. The van der Waals surface area contributed by atoms with E-state index >= 15 is 0 Å². The summed E-state index contributed by atoms with van der Waals surface area (Å²) in [6, 6.07) is 1.64. The molecule has 2 aromatic rings. The molecule has 0 aromatic carbocycles. The van der Waals surface area contributed by atoms with Gasteiger partial charge < -0.3 is 5.32 Å². The number of anilines is 2. The number of aromatic nitrogens is 2. The minimum Gasteiger partial charge on any atom is -0.370 e. The maximum absolute atomic E-state index is 12.3. The van der Waals surface area contributed by atoms with Crippen LogP contribution in [0.2, 0.25) is 5.02 Å². The molecule has 2 heterocycles. The predicted molar refractivity (Wildman–Crippen MR) is 87.6 cm³/mol. The van der Waals surface area contributed by atoms with Crippen LogP contribution in [0.3, 0.4) is 0 Å². The maximum atomic E-state index is 12.3. The zero-order valence-corrected chi connectivity index (χ0v) is 13.7. The largest absolute Gasteiger partial charge is 0.370 e. The lowest BCUT2D eigenvalue weighted by molar-refractivity contribution is 0.102. The van der Waals surface area contributed by atoms with E-state index in [4.69, 9.17) is 11.6 Å². The van der Waals surface area contributed by atoms with Crippen LogP contribution >= 0.6 is 22.9 Å². The van der Waals surface area contributed by atoms with Crippen molar-refractivity contribution in [2.24, 2.45) is 0 Å². The van der Waals surface area contributed by atoms with Crippen LogP contribution in [0.15, 0.2) is 17.6 Å². The Bertz CT molecular complexity index is 642. The molecule has 0 aliphatic heterocycles. The molecule has 0 atom stereocenters. The van der Waals surface area contributed by atoms with Gasteiger partial charge in [0, 0.05) is 18.1 Å². The third-order valence-corrected chi connectivity index (χ3v) is 3.87. The Morgan fingerprint density at radius 2 is 2.24 bits per heavy atom. The first-order valence-electron chi connectivity index (χ1n) is 6.67. The summed E-state index contributed by atoms with van der Waals surface area (Å²) in [4.78, 5) is 20.8. The number of rotatable bonds is 5. The van der Waals surface area contributed by atoms with Gasteiger partial charge in [-0.05, 0) is 18.9 Å². The second-order valence-electron chi connectivity index (χ2n) is 4.77. The van der Waals surface area contributed by atoms with E-state index in [-0.39, 0.29) is 5.91 Å². The topological polar surface area (TPSA) is 66.9 Å². The number of carbonyl (C=O) groups is 1. The molecular weight excluding hydrogens is 308 g/mol. The molecule has 2 aromatic heterocycles. The summed E-state index contributed by atoms with van der Waals surface area (Å²) >= 11 is 7.45. The maximum Gasteiger partial charge on any atom is 0.259 e. The summed E-state index contributed by atoms with van der Waals surface area (Å²) in [5.74, 6) is 0.664. The van der Waals surface area contributed by atoms with Crippen LogP contribution in [0.25, 0.3) is 0 Å². The van der Waals surface area contributed by atoms with E-state index in [2.05, 4.69) is 34.4 Å². The van der Waals surface area contributed by atoms with Gasteiger partial charge in [-0.1, -0.05) is 25.4 Å². The average Bonchev–Trinajstić information content (AvgIpc) is 2.90. The fourth-order valence-corrected chi connectivity index (χ4v) is 2.72. The van der Waals surface area contributed by atoms with E-state index in [9.17, 15) is 4.79 Å². The van der Waals surface area contributed by atoms with Crippen molar-refractivity contribution in [3.05, 3.63) is 33.9 Å². The first-order chi connectivity index (χ1) is 10.0. The zero-order valence-electron chi connectivity index (χ0n) is 12.1. The van der Waals surface area contributed by atoms with Crippen LogP contribution in [0.1, 0.15) is 42.7 Å². The van der Waals surface area contributed by atoms with Gasteiger partial charge in [-0.2, -0.15) is 0 Å². The van der Waals surface area contributed by atoms with Gasteiger partial charge in [0.05, 0.1) is 16.3 Å². The third kappa shape index (κ3) is 3.92. The van der Waals surface area contributed by atoms with Crippen LogP contribution in [0.5, 0.6) is 0 Å². The monoisotopic (exact) mass is 324 g/mol. The van der Waals surface area contributed by atoms with Crippen LogP contribution in [-0.2, 0) is 0 Å². The Labute approximate surface area is 132 Å². The smallest absolute Gasteiger partial charge is 0.259 e. The molecule has 0 unspecified atom stereocenters. The molecular formula is C14H17ClN4OS. The highest BCUT2D eigenvalue weighted by atomic mass is 35.5.